The molecule has 2 atom stereocenters. The van der Waals surface area contributed by atoms with E-state index in [9.17, 15) is 8.42 Å². The standard InChI is InChI=1S/C10H16N4O2S/c1-7-5-8(7)6-13-17(15,16)10-9(14-11)3-2-4-12-10/h2-4,7-8,13-14H,5-6,11H2,1H3. The lowest BCUT2D eigenvalue weighted by Gasteiger charge is -2.09. The summed E-state index contributed by atoms with van der Waals surface area (Å²) in [6, 6.07) is 3.19. The maximum atomic E-state index is 12.0. The number of nitrogens with zero attached hydrogens (tertiary/aromatic N) is 1. The summed E-state index contributed by atoms with van der Waals surface area (Å²) in [7, 11) is -3.59. The Morgan fingerprint density at radius 2 is 2.29 bits per heavy atom. The zero-order valence-electron chi connectivity index (χ0n) is 9.55. The lowest BCUT2D eigenvalue weighted by atomic mass is 10.3. The van der Waals surface area contributed by atoms with E-state index in [4.69, 9.17) is 5.84 Å². The number of nitrogen functional groups attached to an aromatic ring is 1. The molecule has 17 heavy (non-hydrogen) atoms. The van der Waals surface area contributed by atoms with Crippen molar-refractivity contribution in [2.45, 2.75) is 18.4 Å². The maximum Gasteiger partial charge on any atom is 0.260 e. The SMILES string of the molecule is CC1CC1CNS(=O)(=O)c1ncccc1NN. The highest BCUT2D eigenvalue weighted by molar-refractivity contribution is 7.89. The largest absolute Gasteiger partial charge is 0.321 e. The van der Waals surface area contributed by atoms with E-state index in [1.807, 2.05) is 0 Å². The van der Waals surface area contributed by atoms with Crippen LogP contribution in [0.4, 0.5) is 5.69 Å². The van der Waals surface area contributed by atoms with Gasteiger partial charge in [-0.15, -0.1) is 0 Å². The van der Waals surface area contributed by atoms with Crippen molar-refractivity contribution in [2.24, 2.45) is 17.7 Å². The quantitative estimate of drug-likeness (QED) is 0.520. The Morgan fingerprint density at radius 3 is 2.88 bits per heavy atom. The number of aromatic nitrogens is 1. The van der Waals surface area contributed by atoms with Crippen LogP contribution in [-0.2, 0) is 10.0 Å². The lowest BCUT2D eigenvalue weighted by Crippen LogP contribution is -2.28. The Kier molecular flexibility index (Phi) is 3.32. The number of pyridine rings is 1. The molecule has 1 heterocycles. The van der Waals surface area contributed by atoms with Crippen LogP contribution in [0.5, 0.6) is 0 Å². The third kappa shape index (κ3) is 2.74. The fourth-order valence-corrected chi connectivity index (χ4v) is 2.87. The number of rotatable bonds is 5. The Balaban J connectivity index is 2.13. The summed E-state index contributed by atoms with van der Waals surface area (Å²) in [4.78, 5) is 3.85. The van der Waals surface area contributed by atoms with Gasteiger partial charge >= 0.3 is 0 Å². The highest BCUT2D eigenvalue weighted by Crippen LogP contribution is 2.37. The first-order chi connectivity index (χ1) is 8.04. The van der Waals surface area contributed by atoms with Crippen molar-refractivity contribution >= 4 is 15.7 Å². The number of nitrogens with two attached hydrogens (primary N) is 1. The van der Waals surface area contributed by atoms with Crippen molar-refractivity contribution in [3.63, 3.8) is 0 Å². The van der Waals surface area contributed by atoms with Gasteiger partial charge in [0.05, 0.1) is 5.69 Å². The van der Waals surface area contributed by atoms with Gasteiger partial charge in [-0.1, -0.05) is 6.92 Å². The van der Waals surface area contributed by atoms with E-state index in [1.54, 1.807) is 12.1 Å². The van der Waals surface area contributed by atoms with Crippen molar-refractivity contribution in [2.75, 3.05) is 12.0 Å². The second kappa shape index (κ2) is 4.59. The van der Waals surface area contributed by atoms with Crippen molar-refractivity contribution < 1.29 is 8.42 Å². The van der Waals surface area contributed by atoms with Crippen LogP contribution < -0.4 is 16.0 Å². The maximum absolute atomic E-state index is 12.0. The molecule has 0 spiro atoms. The van der Waals surface area contributed by atoms with Gasteiger partial charge in [-0.05, 0) is 30.4 Å². The van der Waals surface area contributed by atoms with E-state index in [0.29, 0.717) is 24.1 Å². The molecule has 94 valence electrons. The zero-order chi connectivity index (χ0) is 12.5. The number of sulfonamides is 1. The summed E-state index contributed by atoms with van der Waals surface area (Å²) in [6.45, 7) is 2.57. The van der Waals surface area contributed by atoms with E-state index in [0.717, 1.165) is 6.42 Å². The molecule has 1 fully saturated rings. The van der Waals surface area contributed by atoms with Gasteiger partial charge < -0.3 is 5.43 Å². The van der Waals surface area contributed by atoms with Crippen molar-refractivity contribution in [1.29, 1.82) is 0 Å². The van der Waals surface area contributed by atoms with Gasteiger partial charge in [-0.3, -0.25) is 5.84 Å². The molecule has 7 heteroatoms. The first-order valence-corrected chi connectivity index (χ1v) is 6.94. The first-order valence-electron chi connectivity index (χ1n) is 5.46. The van der Waals surface area contributed by atoms with Gasteiger partial charge in [-0.2, -0.15) is 0 Å². The van der Waals surface area contributed by atoms with E-state index in [2.05, 4.69) is 22.1 Å². The molecule has 2 rings (SSSR count). The molecule has 6 nitrogen and oxygen atoms in total. The fraction of sp³-hybridized carbons (Fsp3) is 0.500. The summed E-state index contributed by atoms with van der Waals surface area (Å²) in [6.07, 6.45) is 2.50. The van der Waals surface area contributed by atoms with Crippen LogP contribution in [0.3, 0.4) is 0 Å². The molecule has 0 amide bonds. The van der Waals surface area contributed by atoms with Gasteiger partial charge in [-0.25, -0.2) is 18.1 Å². The van der Waals surface area contributed by atoms with Crippen molar-refractivity contribution in [3.05, 3.63) is 18.3 Å². The molecule has 0 radical (unpaired) electrons. The van der Waals surface area contributed by atoms with Gasteiger partial charge in [0.2, 0.25) is 0 Å². The Labute approximate surface area is 101 Å². The van der Waals surface area contributed by atoms with Crippen LogP contribution in [0.25, 0.3) is 0 Å². The second-order valence-electron chi connectivity index (χ2n) is 4.33. The Hall–Kier alpha value is -1.18. The topological polar surface area (TPSA) is 97.1 Å². The molecule has 0 bridgehead atoms. The molecule has 1 aliphatic carbocycles. The lowest BCUT2D eigenvalue weighted by molar-refractivity contribution is 0.571. The summed E-state index contributed by atoms with van der Waals surface area (Å²) < 4.78 is 26.5. The summed E-state index contributed by atoms with van der Waals surface area (Å²) in [5.41, 5.74) is 2.63. The number of hydrogen-bond donors (Lipinski definition) is 3. The van der Waals surface area contributed by atoms with Crippen LogP contribution in [-0.4, -0.2) is 19.9 Å². The summed E-state index contributed by atoms with van der Waals surface area (Å²) in [5, 5.41) is -0.0594. The third-order valence-corrected chi connectivity index (χ3v) is 4.37. The predicted octanol–water partition coefficient (Wildman–Crippen LogP) is 0.302. The van der Waals surface area contributed by atoms with Crippen molar-refractivity contribution in [3.8, 4) is 0 Å². The molecular formula is C10H16N4O2S. The highest BCUT2D eigenvalue weighted by atomic mass is 32.2. The monoisotopic (exact) mass is 256 g/mol. The van der Waals surface area contributed by atoms with Gasteiger partial charge in [0.25, 0.3) is 10.0 Å². The molecule has 1 aliphatic rings. The predicted molar refractivity (Wildman–Crippen MR) is 64.5 cm³/mol. The average Bonchev–Trinajstić information content (AvgIpc) is 3.03. The van der Waals surface area contributed by atoms with Gasteiger partial charge in [0.15, 0.2) is 5.03 Å². The number of anilines is 1. The molecule has 4 N–H and O–H groups in total. The van der Waals surface area contributed by atoms with Crippen LogP contribution in [0, 0.1) is 11.8 Å². The molecule has 1 aromatic heterocycles. The Morgan fingerprint density at radius 1 is 1.59 bits per heavy atom. The number of nitrogens with one attached hydrogen (secondary N) is 2. The molecule has 1 saturated carbocycles. The smallest absolute Gasteiger partial charge is 0.260 e. The van der Waals surface area contributed by atoms with Crippen LogP contribution in [0.2, 0.25) is 0 Å². The minimum atomic E-state index is -3.59. The molecule has 0 aromatic carbocycles. The zero-order valence-corrected chi connectivity index (χ0v) is 10.4. The molecule has 0 aliphatic heterocycles. The number of hydrogen-bond acceptors (Lipinski definition) is 5. The molecule has 2 unspecified atom stereocenters. The van der Waals surface area contributed by atoms with Crippen LogP contribution in [0.15, 0.2) is 23.4 Å². The van der Waals surface area contributed by atoms with Crippen LogP contribution in [0.1, 0.15) is 13.3 Å². The van der Waals surface area contributed by atoms with Gasteiger partial charge in [0.1, 0.15) is 0 Å². The minimum absolute atomic E-state index is 0.0594. The normalized spacial score (nSPS) is 23.4. The third-order valence-electron chi connectivity index (χ3n) is 2.99. The summed E-state index contributed by atoms with van der Waals surface area (Å²) in [5.74, 6) is 6.31. The van der Waals surface area contributed by atoms with E-state index in [-0.39, 0.29) is 5.03 Å². The van der Waals surface area contributed by atoms with Crippen LogP contribution >= 0.6 is 0 Å². The van der Waals surface area contributed by atoms with E-state index < -0.39 is 10.0 Å². The van der Waals surface area contributed by atoms with E-state index in [1.165, 1.54) is 6.20 Å². The first kappa shape index (κ1) is 12.3. The van der Waals surface area contributed by atoms with Gasteiger partial charge in [0, 0.05) is 12.7 Å². The highest BCUT2D eigenvalue weighted by Gasteiger charge is 2.33. The summed E-state index contributed by atoms with van der Waals surface area (Å²) >= 11 is 0. The fourth-order valence-electron chi connectivity index (χ4n) is 1.68. The minimum Gasteiger partial charge on any atom is -0.321 e. The van der Waals surface area contributed by atoms with Crippen molar-refractivity contribution in [1.82, 2.24) is 9.71 Å². The Bertz CT molecular complexity index is 503. The number of hydrazine groups is 1. The average molecular weight is 256 g/mol. The molecule has 1 aromatic rings. The van der Waals surface area contributed by atoms with E-state index >= 15 is 0 Å². The molecule has 0 saturated heterocycles. The molecular weight excluding hydrogens is 240 g/mol. The second-order valence-corrected chi connectivity index (χ2v) is 6.01.